The fourth-order valence-electron chi connectivity index (χ4n) is 6.00. The number of aromatic nitrogens is 4. The number of aromatic hydroxyl groups is 1. The summed E-state index contributed by atoms with van der Waals surface area (Å²) >= 11 is 1.02. The van der Waals surface area contributed by atoms with Gasteiger partial charge in [0.05, 0.1) is 19.2 Å². The zero-order valence-corrected chi connectivity index (χ0v) is 25.4. The minimum atomic E-state index is -0.843. The lowest BCUT2D eigenvalue weighted by Crippen LogP contribution is -2.69. The summed E-state index contributed by atoms with van der Waals surface area (Å²) in [6, 6.07) is 4.83. The molecule has 1 aromatic carbocycles. The molecule has 236 valence electrons. The SMILES string of the molecule is COc1cc(CNC(=O)C2CCC3(CC2)N(C)C(=O)c2c(O)c(=O)c(-c4nnc(Cc5ccc(F)cc5F)s4)cn2N3C)on1. The maximum atomic E-state index is 14.2. The van der Waals surface area contributed by atoms with Gasteiger partial charge in [-0.05, 0) is 42.5 Å². The Hall–Kier alpha value is -4.86. The van der Waals surface area contributed by atoms with Crippen LogP contribution in [0.4, 0.5) is 8.78 Å². The predicted octanol–water partition coefficient (Wildman–Crippen LogP) is 2.79. The first-order valence-electron chi connectivity index (χ1n) is 14.1. The lowest BCUT2D eigenvalue weighted by atomic mass is 9.79. The van der Waals surface area contributed by atoms with Crippen LogP contribution in [0.5, 0.6) is 11.6 Å². The average Bonchev–Trinajstić information content (AvgIpc) is 3.70. The van der Waals surface area contributed by atoms with Crippen molar-refractivity contribution < 1.29 is 32.7 Å². The average molecular weight is 642 g/mol. The van der Waals surface area contributed by atoms with Crippen LogP contribution in [0.2, 0.25) is 0 Å². The van der Waals surface area contributed by atoms with Crippen LogP contribution < -0.4 is 20.5 Å². The quantitative estimate of drug-likeness (QED) is 0.308. The van der Waals surface area contributed by atoms with E-state index in [0.29, 0.717) is 42.3 Å². The summed E-state index contributed by atoms with van der Waals surface area (Å²) < 4.78 is 39.1. The van der Waals surface area contributed by atoms with Crippen LogP contribution in [-0.2, 0) is 17.8 Å². The van der Waals surface area contributed by atoms with Crippen molar-refractivity contribution in [1.82, 2.24) is 30.2 Å². The molecule has 0 bridgehead atoms. The fourth-order valence-corrected chi connectivity index (χ4v) is 6.87. The Balaban J connectivity index is 1.23. The van der Waals surface area contributed by atoms with Gasteiger partial charge in [0.25, 0.3) is 11.8 Å². The zero-order valence-electron chi connectivity index (χ0n) is 24.5. The van der Waals surface area contributed by atoms with Crippen LogP contribution in [0.1, 0.15) is 52.5 Å². The van der Waals surface area contributed by atoms with Crippen LogP contribution in [0.25, 0.3) is 10.6 Å². The molecule has 0 atom stereocenters. The molecule has 0 unspecified atom stereocenters. The highest BCUT2D eigenvalue weighted by Crippen LogP contribution is 2.42. The van der Waals surface area contributed by atoms with Crippen LogP contribution in [0.3, 0.4) is 0 Å². The number of benzene rings is 1. The number of carbonyl (C=O) groups excluding carboxylic acids is 2. The molecule has 6 rings (SSSR count). The molecule has 2 N–H and O–H groups in total. The molecule has 45 heavy (non-hydrogen) atoms. The number of halogens is 2. The molecule has 1 aliphatic heterocycles. The molecule has 1 saturated carbocycles. The smallest absolute Gasteiger partial charge is 0.278 e. The Morgan fingerprint density at radius 1 is 1.20 bits per heavy atom. The summed E-state index contributed by atoms with van der Waals surface area (Å²) in [6.07, 6.45) is 3.29. The summed E-state index contributed by atoms with van der Waals surface area (Å²) in [7, 11) is 4.83. The highest BCUT2D eigenvalue weighted by molar-refractivity contribution is 7.14. The predicted molar refractivity (Wildman–Crippen MR) is 156 cm³/mol. The molecule has 16 heteroatoms. The van der Waals surface area contributed by atoms with E-state index in [4.69, 9.17) is 9.26 Å². The first-order valence-corrected chi connectivity index (χ1v) is 14.9. The van der Waals surface area contributed by atoms with Crippen molar-refractivity contribution in [2.75, 3.05) is 26.2 Å². The lowest BCUT2D eigenvalue weighted by Gasteiger charge is -2.55. The molecule has 4 heterocycles. The summed E-state index contributed by atoms with van der Waals surface area (Å²) in [5.74, 6) is -2.38. The minimum Gasteiger partial charge on any atom is -0.502 e. The number of amides is 2. The summed E-state index contributed by atoms with van der Waals surface area (Å²) in [6.45, 7) is 0.157. The number of ether oxygens (including phenoxy) is 1. The second kappa shape index (κ2) is 11.6. The standard InChI is InChI=1S/C29H29F2N7O6S/c1-36-28(42)23-25(40)24(39)19(27-34-33-22(45-27)10-16-4-5-17(30)11-20(16)31)14-38(23)37(2)29(36)8-6-15(7-9-29)26(41)32-13-18-12-21(43-3)35-44-18/h4-5,11-12,14-15,40H,6-10,13H2,1-3H3,(H,32,41). The van der Waals surface area contributed by atoms with E-state index in [1.54, 1.807) is 25.2 Å². The number of carbonyl (C=O) groups is 2. The van der Waals surface area contributed by atoms with Gasteiger partial charge >= 0.3 is 0 Å². The number of fused-ring (bicyclic) bond motifs is 1. The van der Waals surface area contributed by atoms with E-state index in [0.717, 1.165) is 23.5 Å². The van der Waals surface area contributed by atoms with E-state index in [2.05, 4.69) is 20.7 Å². The van der Waals surface area contributed by atoms with Gasteiger partial charge in [0.2, 0.25) is 11.3 Å². The van der Waals surface area contributed by atoms with Crippen molar-refractivity contribution in [3.8, 4) is 22.2 Å². The van der Waals surface area contributed by atoms with E-state index in [1.807, 2.05) is 0 Å². The molecular formula is C29H29F2N7O6S. The topological polar surface area (TPSA) is 156 Å². The van der Waals surface area contributed by atoms with Crippen molar-refractivity contribution in [1.29, 1.82) is 0 Å². The van der Waals surface area contributed by atoms with Crippen LogP contribution >= 0.6 is 11.3 Å². The molecule has 0 radical (unpaired) electrons. The Morgan fingerprint density at radius 2 is 1.96 bits per heavy atom. The second-order valence-electron chi connectivity index (χ2n) is 11.0. The van der Waals surface area contributed by atoms with E-state index in [1.165, 1.54) is 28.9 Å². The highest BCUT2D eigenvalue weighted by Gasteiger charge is 2.50. The van der Waals surface area contributed by atoms with Gasteiger partial charge in [-0.25, -0.2) is 8.78 Å². The monoisotopic (exact) mass is 641 g/mol. The molecule has 1 spiro atoms. The van der Waals surface area contributed by atoms with Gasteiger partial charge in [-0.2, -0.15) is 0 Å². The van der Waals surface area contributed by atoms with E-state index in [9.17, 15) is 28.3 Å². The van der Waals surface area contributed by atoms with Crippen LogP contribution in [-0.4, -0.2) is 68.7 Å². The molecular weight excluding hydrogens is 612 g/mol. The molecule has 3 aromatic heterocycles. The van der Waals surface area contributed by atoms with Crippen molar-refractivity contribution in [3.05, 3.63) is 74.3 Å². The molecule has 0 saturated heterocycles. The molecule has 1 aliphatic carbocycles. The van der Waals surface area contributed by atoms with Crippen molar-refractivity contribution >= 4 is 23.2 Å². The summed E-state index contributed by atoms with van der Waals surface area (Å²) in [5, 5.41) is 28.0. The zero-order chi connectivity index (χ0) is 32.0. The van der Waals surface area contributed by atoms with Gasteiger partial charge in [0.1, 0.15) is 22.3 Å². The Morgan fingerprint density at radius 3 is 2.64 bits per heavy atom. The highest BCUT2D eigenvalue weighted by atomic mass is 32.1. The van der Waals surface area contributed by atoms with E-state index < -0.39 is 34.4 Å². The van der Waals surface area contributed by atoms with Gasteiger partial charge in [-0.1, -0.05) is 17.4 Å². The number of hydrogen-bond acceptors (Lipinski definition) is 11. The van der Waals surface area contributed by atoms with Gasteiger partial charge < -0.3 is 24.6 Å². The molecule has 13 nitrogen and oxygen atoms in total. The van der Waals surface area contributed by atoms with Gasteiger partial charge in [-0.15, -0.1) is 10.2 Å². The van der Waals surface area contributed by atoms with Crippen LogP contribution in [0, 0.1) is 17.6 Å². The molecule has 2 aliphatic rings. The lowest BCUT2D eigenvalue weighted by molar-refractivity contribution is -0.127. The number of methoxy groups -OCH3 is 1. The Bertz CT molecular complexity index is 1850. The van der Waals surface area contributed by atoms with Gasteiger partial charge in [0, 0.05) is 44.8 Å². The maximum absolute atomic E-state index is 14.2. The van der Waals surface area contributed by atoms with Crippen molar-refractivity contribution in [2.45, 2.75) is 44.3 Å². The number of rotatable bonds is 7. The third-order valence-corrected chi connectivity index (χ3v) is 9.57. The third-order valence-electron chi connectivity index (χ3n) is 8.62. The fraction of sp³-hybridized carbons (Fsp3) is 0.379. The Kier molecular flexibility index (Phi) is 7.76. The Labute approximate surface area is 259 Å². The van der Waals surface area contributed by atoms with Gasteiger partial charge in [0.15, 0.2) is 22.2 Å². The first kappa shape index (κ1) is 30.2. The normalized spacial score (nSPS) is 19.6. The number of pyridine rings is 1. The van der Waals surface area contributed by atoms with Crippen molar-refractivity contribution in [2.24, 2.45) is 5.92 Å². The maximum Gasteiger partial charge on any atom is 0.278 e. The second-order valence-corrected chi connectivity index (χ2v) is 12.1. The third kappa shape index (κ3) is 5.28. The summed E-state index contributed by atoms with van der Waals surface area (Å²) in [5.41, 5.74) is -1.62. The van der Waals surface area contributed by atoms with Gasteiger partial charge in [-0.3, -0.25) is 24.1 Å². The number of nitrogens with one attached hydrogen (secondary N) is 1. The molecule has 1 fully saturated rings. The minimum absolute atomic E-state index is 0.0102. The van der Waals surface area contributed by atoms with E-state index >= 15 is 0 Å². The van der Waals surface area contributed by atoms with E-state index in [-0.39, 0.29) is 46.6 Å². The summed E-state index contributed by atoms with van der Waals surface area (Å²) in [4.78, 5) is 41.3. The molecule has 4 aromatic rings. The number of hydrogen-bond donors (Lipinski definition) is 2. The van der Waals surface area contributed by atoms with Crippen LogP contribution in [0.15, 0.2) is 39.8 Å². The molecule has 2 amide bonds. The number of nitrogens with zero attached hydrogens (tertiary/aromatic N) is 6. The largest absolute Gasteiger partial charge is 0.502 e. The first-order chi connectivity index (χ1) is 21.5. The van der Waals surface area contributed by atoms with Crippen molar-refractivity contribution in [3.63, 3.8) is 0 Å².